The van der Waals surface area contributed by atoms with Crippen molar-refractivity contribution >= 4 is 0 Å². The topological polar surface area (TPSA) is 88.0 Å². The Labute approximate surface area is 98.3 Å². The molecule has 8 heteroatoms. The van der Waals surface area contributed by atoms with Crippen molar-refractivity contribution in [3.63, 3.8) is 0 Å². The van der Waals surface area contributed by atoms with Gasteiger partial charge in [-0.15, -0.1) is 15.2 Å². The molecule has 0 spiro atoms. The van der Waals surface area contributed by atoms with Gasteiger partial charge in [0.1, 0.15) is 0 Å². The maximum atomic E-state index is 9.63. The molecule has 0 N–H and O–H groups in total. The number of nitrogens with zero attached hydrogens (tertiary/aromatic N) is 5. The van der Waals surface area contributed by atoms with Crippen molar-refractivity contribution in [2.24, 2.45) is 0 Å². The van der Waals surface area contributed by atoms with Gasteiger partial charge >= 0.3 is 51.4 Å². The molecule has 0 fully saturated rings. The van der Waals surface area contributed by atoms with Crippen LogP contribution in [0.25, 0.3) is 5.53 Å². The first-order valence-corrected chi connectivity index (χ1v) is 2.00. The van der Waals surface area contributed by atoms with E-state index in [1.54, 1.807) is 0 Å². The number of hydrogen-bond donors (Lipinski definition) is 0. The fourth-order valence-corrected chi connectivity index (χ4v) is 0.326. The molecule has 0 unspecified atom stereocenters. The van der Waals surface area contributed by atoms with Gasteiger partial charge in [-0.25, -0.2) is 0 Å². The van der Waals surface area contributed by atoms with E-state index in [9.17, 15) is 10.1 Å². The Morgan fingerprint density at radius 1 is 1.50 bits per heavy atom. The molecule has 10 heavy (non-hydrogen) atoms. The molecule has 1 heterocycles. The molecule has 0 saturated carbocycles. The van der Waals surface area contributed by atoms with Gasteiger partial charge in [-0.3, -0.25) is 10.2 Å². The molecule has 0 aliphatic rings. The van der Waals surface area contributed by atoms with Crippen LogP contribution in [0.5, 0.6) is 0 Å². The Morgan fingerprint density at radius 3 is 2.40 bits per heavy atom. The van der Waals surface area contributed by atoms with Crippen molar-refractivity contribution in [2.75, 3.05) is 0 Å². The predicted molar refractivity (Wildman–Crippen MR) is 25.8 cm³/mol. The third kappa shape index (κ3) is 3.22. The van der Waals surface area contributed by atoms with E-state index in [0.717, 1.165) is 17.3 Å². The molecular weight excluding hydrogens is 165 g/mol. The van der Waals surface area contributed by atoms with Crippen LogP contribution in [0, 0.1) is 10.1 Å². The third-order valence-electron chi connectivity index (χ3n) is 0.583. The molecule has 7 nitrogen and oxygen atoms in total. The first-order valence-electron chi connectivity index (χ1n) is 2.00. The SMILES string of the molecule is O=[N+]([O-])[N-]n1cnnc1.[K+]. The molecule has 1 aromatic rings. The summed E-state index contributed by atoms with van der Waals surface area (Å²) in [5, 5.41) is 15.4. The summed E-state index contributed by atoms with van der Waals surface area (Å²) in [4.78, 5) is 9.63. The molecular formula is C2H2KN5O2. The minimum Gasteiger partial charge on any atom is -0.373 e. The van der Waals surface area contributed by atoms with E-state index in [1.807, 2.05) is 0 Å². The van der Waals surface area contributed by atoms with Crippen LogP contribution in [0.4, 0.5) is 0 Å². The predicted octanol–water partition coefficient (Wildman–Crippen LogP) is -3.39. The monoisotopic (exact) mass is 167 g/mol. The molecule has 1 rings (SSSR count). The van der Waals surface area contributed by atoms with Crippen molar-refractivity contribution < 1.29 is 56.4 Å². The maximum absolute atomic E-state index is 9.63. The summed E-state index contributed by atoms with van der Waals surface area (Å²) in [6, 6.07) is 0. The Balaban J connectivity index is 0.000000810. The summed E-state index contributed by atoms with van der Waals surface area (Å²) in [6.45, 7) is 0. The van der Waals surface area contributed by atoms with Crippen LogP contribution in [0.15, 0.2) is 12.7 Å². The zero-order valence-corrected chi connectivity index (χ0v) is 8.33. The number of hydrogen-bond acceptors (Lipinski definition) is 4. The molecule has 0 aromatic carbocycles. The second-order valence-corrected chi connectivity index (χ2v) is 1.17. The number of aromatic nitrogens is 3. The van der Waals surface area contributed by atoms with Gasteiger partial charge in [-0.2, -0.15) is 0 Å². The summed E-state index contributed by atoms with van der Waals surface area (Å²) in [5.74, 6) is 0. The van der Waals surface area contributed by atoms with Gasteiger partial charge in [0.2, 0.25) is 0 Å². The molecule has 0 bridgehead atoms. The van der Waals surface area contributed by atoms with E-state index in [0.29, 0.717) is 0 Å². The van der Waals surface area contributed by atoms with Crippen LogP contribution in [0.2, 0.25) is 0 Å². The maximum Gasteiger partial charge on any atom is 1.00 e. The summed E-state index contributed by atoms with van der Waals surface area (Å²) in [7, 11) is 0. The minimum absolute atomic E-state index is 0. The van der Waals surface area contributed by atoms with Gasteiger partial charge in [0.05, 0.1) is 0 Å². The Morgan fingerprint density at radius 2 is 2.00 bits per heavy atom. The second-order valence-electron chi connectivity index (χ2n) is 1.17. The normalized spacial score (nSPS) is 8.00. The average molecular weight is 167 g/mol. The largest absolute Gasteiger partial charge is 1.00 e. The van der Waals surface area contributed by atoms with Crippen molar-refractivity contribution in [3.05, 3.63) is 28.3 Å². The summed E-state index contributed by atoms with van der Waals surface area (Å²) in [5.41, 5.74) is 2.83. The van der Waals surface area contributed by atoms with Gasteiger partial charge in [-0.1, -0.05) is 0 Å². The van der Waals surface area contributed by atoms with Crippen molar-refractivity contribution in [1.29, 1.82) is 0 Å². The van der Waals surface area contributed by atoms with Gasteiger partial charge < -0.3 is 10.1 Å². The fourth-order valence-electron chi connectivity index (χ4n) is 0.326. The molecule has 0 aliphatic carbocycles. The standard InChI is InChI=1S/C2H2N5O2.K/c8-7(9)5-6-1-3-4-2-6;/h1-2H;/q-1;+1. The average Bonchev–Trinajstić information content (AvgIpc) is 2.15. The second kappa shape index (κ2) is 4.74. The van der Waals surface area contributed by atoms with Crippen LogP contribution in [-0.2, 0) is 0 Å². The van der Waals surface area contributed by atoms with Gasteiger partial charge in [0.25, 0.3) is 0 Å². The third-order valence-corrected chi connectivity index (χ3v) is 0.583. The van der Waals surface area contributed by atoms with E-state index in [2.05, 4.69) is 15.7 Å². The number of rotatable bonds is 2. The summed E-state index contributed by atoms with van der Waals surface area (Å²) < 4.78 is 0.903. The van der Waals surface area contributed by atoms with Crippen LogP contribution in [0.3, 0.4) is 0 Å². The minimum atomic E-state index is -0.830. The first-order chi connectivity index (χ1) is 4.29. The van der Waals surface area contributed by atoms with Crippen molar-refractivity contribution in [1.82, 2.24) is 14.9 Å². The zero-order valence-electron chi connectivity index (χ0n) is 5.21. The van der Waals surface area contributed by atoms with Gasteiger partial charge in [0, 0.05) is 0 Å². The van der Waals surface area contributed by atoms with Gasteiger partial charge in [0.15, 0.2) is 12.7 Å². The van der Waals surface area contributed by atoms with E-state index < -0.39 is 5.03 Å². The molecule has 48 valence electrons. The Kier molecular flexibility index (Phi) is 4.73. The molecule has 0 amide bonds. The van der Waals surface area contributed by atoms with Crippen LogP contribution < -0.4 is 51.4 Å². The van der Waals surface area contributed by atoms with Gasteiger partial charge in [-0.05, 0) is 0 Å². The van der Waals surface area contributed by atoms with Crippen LogP contribution in [-0.4, -0.2) is 19.9 Å². The fraction of sp³-hybridized carbons (Fsp3) is 0. The Bertz CT molecular complexity index is 197. The number of nitro groups is 1. The van der Waals surface area contributed by atoms with E-state index in [1.165, 1.54) is 0 Å². The first kappa shape index (κ1) is 9.98. The summed E-state index contributed by atoms with van der Waals surface area (Å²) in [6.07, 6.45) is 2.26. The zero-order chi connectivity index (χ0) is 6.69. The van der Waals surface area contributed by atoms with E-state index in [4.69, 9.17) is 0 Å². The smallest absolute Gasteiger partial charge is 0.373 e. The molecule has 1 aromatic heterocycles. The molecule has 0 aliphatic heterocycles. The van der Waals surface area contributed by atoms with E-state index in [-0.39, 0.29) is 51.4 Å². The molecule has 0 atom stereocenters. The van der Waals surface area contributed by atoms with E-state index >= 15 is 0 Å². The van der Waals surface area contributed by atoms with Crippen LogP contribution >= 0.6 is 0 Å². The summed E-state index contributed by atoms with van der Waals surface area (Å²) >= 11 is 0. The van der Waals surface area contributed by atoms with Crippen molar-refractivity contribution in [3.8, 4) is 0 Å². The quantitative estimate of drug-likeness (QED) is 0.261. The van der Waals surface area contributed by atoms with Crippen molar-refractivity contribution in [2.45, 2.75) is 0 Å². The Hall–Kier alpha value is -0.0236. The molecule has 0 radical (unpaired) electrons. The van der Waals surface area contributed by atoms with Crippen LogP contribution in [0.1, 0.15) is 0 Å². The molecule has 0 saturated heterocycles.